The molecule has 0 heterocycles. The Morgan fingerprint density at radius 1 is 0.933 bits per heavy atom. The number of carbonyl (C=O) groups is 2. The molecule has 0 spiro atoms. The standard InChI is InChI=1S/C25H40O5/c1-15(29-16(2)26)20-10-13-25(28)22-7-6-18-14-19(30-17(3)27)8-11-23(18,4)21(22)9-12-24(20,25)5/h15,18-22,28H,6-14H2,1-5H3/t15-,18-,19-,20+,21-,22-,23-,24+,25-/m0/s1. The Balaban J connectivity index is 1.55. The topological polar surface area (TPSA) is 72.8 Å². The van der Waals surface area contributed by atoms with Crippen molar-refractivity contribution in [2.45, 2.75) is 110 Å². The maximum atomic E-state index is 12.2. The van der Waals surface area contributed by atoms with Crippen LogP contribution >= 0.6 is 0 Å². The molecule has 0 saturated heterocycles. The third-order valence-corrected chi connectivity index (χ3v) is 10.1. The molecule has 0 aromatic carbocycles. The van der Waals surface area contributed by atoms with Gasteiger partial charge in [0.15, 0.2) is 0 Å². The second kappa shape index (κ2) is 7.50. The number of aliphatic hydroxyl groups is 1. The molecule has 0 aliphatic heterocycles. The Kier molecular flexibility index (Phi) is 5.52. The van der Waals surface area contributed by atoms with Crippen LogP contribution < -0.4 is 0 Å². The van der Waals surface area contributed by atoms with Crippen molar-refractivity contribution in [3.63, 3.8) is 0 Å². The quantitative estimate of drug-likeness (QED) is 0.673. The van der Waals surface area contributed by atoms with Gasteiger partial charge in [0.2, 0.25) is 0 Å². The van der Waals surface area contributed by atoms with Crippen LogP contribution in [0.15, 0.2) is 0 Å². The fraction of sp³-hybridized carbons (Fsp3) is 0.920. The first-order valence-electron chi connectivity index (χ1n) is 12.1. The molecule has 4 rings (SSSR count). The summed E-state index contributed by atoms with van der Waals surface area (Å²) in [6.45, 7) is 9.69. The molecular formula is C25H40O5. The first-order chi connectivity index (χ1) is 14.0. The second-order valence-electron chi connectivity index (χ2n) is 11.3. The third-order valence-electron chi connectivity index (χ3n) is 10.1. The Bertz CT molecular complexity index is 706. The smallest absolute Gasteiger partial charge is 0.302 e. The highest BCUT2D eigenvalue weighted by molar-refractivity contribution is 5.66. The van der Waals surface area contributed by atoms with Gasteiger partial charge in [-0.25, -0.2) is 0 Å². The Hall–Kier alpha value is -1.10. The fourth-order valence-corrected chi connectivity index (χ4v) is 8.67. The molecule has 0 aromatic heterocycles. The summed E-state index contributed by atoms with van der Waals surface area (Å²) >= 11 is 0. The maximum absolute atomic E-state index is 12.2. The van der Waals surface area contributed by atoms with Gasteiger partial charge in [0.25, 0.3) is 0 Å². The zero-order valence-corrected chi connectivity index (χ0v) is 19.4. The molecule has 5 heteroatoms. The van der Waals surface area contributed by atoms with Gasteiger partial charge in [-0.1, -0.05) is 13.8 Å². The summed E-state index contributed by atoms with van der Waals surface area (Å²) < 4.78 is 11.2. The summed E-state index contributed by atoms with van der Waals surface area (Å²) in [5.74, 6) is 1.24. The molecule has 30 heavy (non-hydrogen) atoms. The van der Waals surface area contributed by atoms with E-state index in [9.17, 15) is 14.7 Å². The van der Waals surface area contributed by atoms with Gasteiger partial charge in [-0.2, -0.15) is 0 Å². The molecule has 170 valence electrons. The first-order valence-corrected chi connectivity index (χ1v) is 12.1. The molecule has 4 aliphatic carbocycles. The van der Waals surface area contributed by atoms with Crippen molar-refractivity contribution in [1.29, 1.82) is 0 Å². The summed E-state index contributed by atoms with van der Waals surface area (Å²) in [4.78, 5) is 23.0. The van der Waals surface area contributed by atoms with E-state index in [-0.39, 0.29) is 40.9 Å². The number of esters is 2. The minimum Gasteiger partial charge on any atom is -0.463 e. The average Bonchev–Trinajstić information content (AvgIpc) is 2.92. The van der Waals surface area contributed by atoms with Crippen molar-refractivity contribution in [3.8, 4) is 0 Å². The van der Waals surface area contributed by atoms with Crippen LogP contribution in [0.3, 0.4) is 0 Å². The summed E-state index contributed by atoms with van der Waals surface area (Å²) in [5, 5.41) is 12.2. The van der Waals surface area contributed by atoms with Crippen LogP contribution in [0, 0.1) is 34.5 Å². The van der Waals surface area contributed by atoms with E-state index in [0.717, 1.165) is 57.8 Å². The lowest BCUT2D eigenvalue weighted by Crippen LogP contribution is -2.63. The van der Waals surface area contributed by atoms with Gasteiger partial charge in [0, 0.05) is 25.2 Å². The van der Waals surface area contributed by atoms with Gasteiger partial charge >= 0.3 is 11.9 Å². The zero-order chi connectivity index (χ0) is 21.9. The molecule has 0 aromatic rings. The van der Waals surface area contributed by atoms with Gasteiger partial charge < -0.3 is 14.6 Å². The fourth-order valence-electron chi connectivity index (χ4n) is 8.67. The highest BCUT2D eigenvalue weighted by atomic mass is 16.5. The monoisotopic (exact) mass is 420 g/mol. The SMILES string of the molecule is CC(=O)O[C@H]1CC[C@@]2(C)[C@@H](CC[C@H]3[C@@H]2CC[C@]2(C)[C@@H]([C@H](C)OC(C)=O)CC[C@]32O)C1. The number of carbonyl (C=O) groups excluding carboxylic acids is 2. The Morgan fingerprint density at radius 3 is 2.33 bits per heavy atom. The molecular weight excluding hydrogens is 380 g/mol. The van der Waals surface area contributed by atoms with E-state index in [0.29, 0.717) is 17.8 Å². The summed E-state index contributed by atoms with van der Waals surface area (Å²) in [6.07, 6.45) is 8.95. The molecule has 0 unspecified atom stereocenters. The van der Waals surface area contributed by atoms with Crippen LogP contribution in [0.1, 0.15) is 92.4 Å². The second-order valence-corrected chi connectivity index (χ2v) is 11.3. The molecule has 4 fully saturated rings. The molecule has 0 amide bonds. The van der Waals surface area contributed by atoms with Crippen molar-refractivity contribution >= 4 is 11.9 Å². The van der Waals surface area contributed by atoms with Crippen molar-refractivity contribution in [3.05, 3.63) is 0 Å². The minimum atomic E-state index is -0.671. The molecule has 4 aliphatic rings. The first kappa shape index (κ1) is 22.1. The molecule has 5 nitrogen and oxygen atoms in total. The summed E-state index contributed by atoms with van der Waals surface area (Å²) in [6, 6.07) is 0. The molecule has 1 N–H and O–H groups in total. The number of hydrogen-bond donors (Lipinski definition) is 1. The van der Waals surface area contributed by atoms with Crippen molar-refractivity contribution < 1.29 is 24.2 Å². The van der Waals surface area contributed by atoms with E-state index in [1.165, 1.54) is 13.8 Å². The molecule has 0 radical (unpaired) electrons. The summed E-state index contributed by atoms with van der Waals surface area (Å²) in [5.41, 5.74) is -0.646. The van der Waals surface area contributed by atoms with Crippen molar-refractivity contribution in [2.24, 2.45) is 34.5 Å². The van der Waals surface area contributed by atoms with E-state index >= 15 is 0 Å². The number of ether oxygens (including phenoxy) is 2. The highest BCUT2D eigenvalue weighted by Crippen LogP contribution is 2.69. The molecule has 9 atom stereocenters. The van der Waals surface area contributed by atoms with E-state index in [4.69, 9.17) is 9.47 Å². The van der Waals surface area contributed by atoms with Crippen molar-refractivity contribution in [2.75, 3.05) is 0 Å². The number of fused-ring (bicyclic) bond motifs is 5. The van der Waals surface area contributed by atoms with E-state index in [1.54, 1.807) is 0 Å². The van der Waals surface area contributed by atoms with Crippen LogP contribution in [0.5, 0.6) is 0 Å². The predicted octanol–water partition coefficient (Wildman–Crippen LogP) is 4.64. The van der Waals surface area contributed by atoms with Gasteiger partial charge in [-0.3, -0.25) is 9.59 Å². The van der Waals surface area contributed by atoms with Crippen molar-refractivity contribution in [1.82, 2.24) is 0 Å². The van der Waals surface area contributed by atoms with E-state index < -0.39 is 5.60 Å². The van der Waals surface area contributed by atoms with Crippen LogP contribution in [-0.4, -0.2) is 34.9 Å². The van der Waals surface area contributed by atoms with Gasteiger partial charge in [0.05, 0.1) is 5.60 Å². The predicted molar refractivity (Wildman–Crippen MR) is 113 cm³/mol. The summed E-state index contributed by atoms with van der Waals surface area (Å²) in [7, 11) is 0. The lowest BCUT2D eigenvalue weighted by molar-refractivity contribution is -0.218. The van der Waals surface area contributed by atoms with E-state index in [1.807, 2.05) is 6.92 Å². The van der Waals surface area contributed by atoms with Gasteiger partial charge in [-0.05, 0) is 87.9 Å². The zero-order valence-electron chi connectivity index (χ0n) is 19.4. The van der Waals surface area contributed by atoms with Crippen LogP contribution in [-0.2, 0) is 19.1 Å². The lowest BCUT2D eigenvalue weighted by atomic mass is 9.43. The lowest BCUT2D eigenvalue weighted by Gasteiger charge is -2.63. The van der Waals surface area contributed by atoms with Crippen LogP contribution in [0.2, 0.25) is 0 Å². The van der Waals surface area contributed by atoms with E-state index in [2.05, 4.69) is 13.8 Å². The average molecular weight is 421 g/mol. The number of hydrogen-bond acceptors (Lipinski definition) is 5. The van der Waals surface area contributed by atoms with Crippen LogP contribution in [0.4, 0.5) is 0 Å². The third kappa shape index (κ3) is 3.22. The molecule has 4 saturated carbocycles. The van der Waals surface area contributed by atoms with Gasteiger partial charge in [-0.15, -0.1) is 0 Å². The maximum Gasteiger partial charge on any atom is 0.302 e. The highest BCUT2D eigenvalue weighted by Gasteiger charge is 2.68. The Morgan fingerprint density at radius 2 is 1.67 bits per heavy atom. The number of rotatable bonds is 3. The Labute approximate surface area is 181 Å². The largest absolute Gasteiger partial charge is 0.463 e. The van der Waals surface area contributed by atoms with Crippen LogP contribution in [0.25, 0.3) is 0 Å². The normalized spacial score (nSPS) is 48.7. The van der Waals surface area contributed by atoms with Gasteiger partial charge in [0.1, 0.15) is 12.2 Å². The molecule has 0 bridgehead atoms. The minimum absolute atomic E-state index is 0.0644.